The van der Waals surface area contributed by atoms with Gasteiger partial charge in [0.25, 0.3) is 0 Å². The molecule has 1 aliphatic rings. The quantitative estimate of drug-likeness (QED) is 0.692. The third-order valence-corrected chi connectivity index (χ3v) is 4.78. The second-order valence-electron chi connectivity index (χ2n) is 7.07. The van der Waals surface area contributed by atoms with Crippen molar-refractivity contribution in [3.05, 3.63) is 29.8 Å². The standard InChI is InChI=1S/C20H31N3O3/c1-15-6-4-8-19(12-15)26-11-9-21-20(25)16(2)23-10-5-7-18(14-23)13-22-17(3)24/h4,6,8,12,16,18H,5,7,9-11,13-14H2,1-3H3,(H,21,25)(H,22,24). The maximum atomic E-state index is 12.4. The van der Waals surface area contributed by atoms with E-state index in [4.69, 9.17) is 4.74 Å². The number of amides is 2. The van der Waals surface area contributed by atoms with Crippen molar-refractivity contribution in [2.75, 3.05) is 32.8 Å². The molecular weight excluding hydrogens is 330 g/mol. The highest BCUT2D eigenvalue weighted by Crippen LogP contribution is 2.18. The van der Waals surface area contributed by atoms with Crippen LogP contribution in [0.25, 0.3) is 0 Å². The Bertz CT molecular complexity index is 606. The number of carbonyl (C=O) groups excluding carboxylic acids is 2. The Hall–Kier alpha value is -2.08. The molecule has 0 aromatic heterocycles. The fourth-order valence-corrected chi connectivity index (χ4v) is 3.27. The van der Waals surface area contributed by atoms with E-state index in [2.05, 4.69) is 15.5 Å². The van der Waals surface area contributed by atoms with Crippen molar-refractivity contribution in [2.24, 2.45) is 5.92 Å². The van der Waals surface area contributed by atoms with Gasteiger partial charge in [0.2, 0.25) is 11.8 Å². The summed E-state index contributed by atoms with van der Waals surface area (Å²) in [5.41, 5.74) is 1.15. The number of aryl methyl sites for hydroxylation is 1. The van der Waals surface area contributed by atoms with Gasteiger partial charge in [-0.3, -0.25) is 14.5 Å². The molecule has 2 amide bonds. The van der Waals surface area contributed by atoms with Gasteiger partial charge >= 0.3 is 0 Å². The first-order valence-electron chi connectivity index (χ1n) is 9.41. The van der Waals surface area contributed by atoms with Crippen molar-refractivity contribution in [3.63, 3.8) is 0 Å². The number of nitrogens with zero attached hydrogens (tertiary/aromatic N) is 1. The fraction of sp³-hybridized carbons (Fsp3) is 0.600. The van der Waals surface area contributed by atoms with E-state index in [-0.39, 0.29) is 17.9 Å². The molecule has 0 bridgehead atoms. The first-order valence-corrected chi connectivity index (χ1v) is 9.41. The SMILES string of the molecule is CC(=O)NCC1CCCN(C(C)C(=O)NCCOc2cccc(C)c2)C1. The molecule has 0 aliphatic carbocycles. The summed E-state index contributed by atoms with van der Waals surface area (Å²) in [5, 5.41) is 5.84. The zero-order chi connectivity index (χ0) is 18.9. The summed E-state index contributed by atoms with van der Waals surface area (Å²) < 4.78 is 5.67. The van der Waals surface area contributed by atoms with E-state index in [1.54, 1.807) is 0 Å². The summed E-state index contributed by atoms with van der Waals surface area (Å²) in [6, 6.07) is 7.70. The molecule has 6 heteroatoms. The van der Waals surface area contributed by atoms with Crippen LogP contribution in [0.1, 0.15) is 32.3 Å². The number of piperidine rings is 1. The number of carbonyl (C=O) groups is 2. The molecule has 1 heterocycles. The van der Waals surface area contributed by atoms with Crippen LogP contribution >= 0.6 is 0 Å². The lowest BCUT2D eigenvalue weighted by atomic mass is 9.96. The number of nitrogens with one attached hydrogen (secondary N) is 2. The van der Waals surface area contributed by atoms with Crippen molar-refractivity contribution in [1.29, 1.82) is 0 Å². The number of hydrogen-bond donors (Lipinski definition) is 2. The Kier molecular flexibility index (Phi) is 7.91. The lowest BCUT2D eigenvalue weighted by molar-refractivity contribution is -0.127. The Morgan fingerprint density at radius 3 is 2.88 bits per heavy atom. The molecule has 1 aliphatic heterocycles. The van der Waals surface area contributed by atoms with E-state index in [0.717, 1.165) is 37.2 Å². The second kappa shape index (κ2) is 10.2. The third-order valence-electron chi connectivity index (χ3n) is 4.78. The highest BCUT2D eigenvalue weighted by Gasteiger charge is 2.27. The van der Waals surface area contributed by atoms with Gasteiger partial charge < -0.3 is 15.4 Å². The van der Waals surface area contributed by atoms with E-state index in [1.165, 1.54) is 6.92 Å². The average molecular weight is 361 g/mol. The summed E-state index contributed by atoms with van der Waals surface area (Å²) in [5.74, 6) is 1.26. The molecule has 2 unspecified atom stereocenters. The van der Waals surface area contributed by atoms with Gasteiger partial charge in [-0.1, -0.05) is 12.1 Å². The van der Waals surface area contributed by atoms with E-state index in [0.29, 0.717) is 25.6 Å². The second-order valence-corrected chi connectivity index (χ2v) is 7.07. The lowest BCUT2D eigenvalue weighted by Gasteiger charge is -2.36. The Labute approximate surface area is 156 Å². The summed E-state index contributed by atoms with van der Waals surface area (Å²) in [6.45, 7) is 8.89. The highest BCUT2D eigenvalue weighted by molar-refractivity contribution is 5.81. The van der Waals surface area contributed by atoms with Crippen LogP contribution < -0.4 is 15.4 Å². The number of ether oxygens (including phenoxy) is 1. The monoisotopic (exact) mass is 361 g/mol. The van der Waals surface area contributed by atoms with Crippen LogP contribution in [0, 0.1) is 12.8 Å². The predicted octanol–water partition coefficient (Wildman–Crippen LogP) is 1.73. The van der Waals surface area contributed by atoms with Gasteiger partial charge in [-0.2, -0.15) is 0 Å². The fourth-order valence-electron chi connectivity index (χ4n) is 3.27. The smallest absolute Gasteiger partial charge is 0.237 e. The molecule has 1 saturated heterocycles. The molecule has 2 N–H and O–H groups in total. The van der Waals surface area contributed by atoms with Crippen LogP contribution in [0.15, 0.2) is 24.3 Å². The van der Waals surface area contributed by atoms with E-state index in [1.807, 2.05) is 38.1 Å². The van der Waals surface area contributed by atoms with Crippen LogP contribution in [0.2, 0.25) is 0 Å². The van der Waals surface area contributed by atoms with E-state index < -0.39 is 0 Å². The topological polar surface area (TPSA) is 70.7 Å². The molecule has 6 nitrogen and oxygen atoms in total. The lowest BCUT2D eigenvalue weighted by Crippen LogP contribution is -2.50. The molecule has 0 radical (unpaired) electrons. The molecule has 1 aromatic rings. The van der Waals surface area contributed by atoms with Crippen LogP contribution in [0.5, 0.6) is 5.75 Å². The molecule has 2 rings (SSSR count). The van der Waals surface area contributed by atoms with Crippen molar-refractivity contribution in [3.8, 4) is 5.75 Å². The minimum Gasteiger partial charge on any atom is -0.492 e. The Morgan fingerprint density at radius 2 is 2.15 bits per heavy atom. The zero-order valence-electron chi connectivity index (χ0n) is 16.1. The number of rotatable bonds is 8. The Balaban J connectivity index is 1.70. The Morgan fingerprint density at radius 1 is 1.35 bits per heavy atom. The summed E-state index contributed by atoms with van der Waals surface area (Å²) in [7, 11) is 0. The van der Waals surface area contributed by atoms with Crippen molar-refractivity contribution in [1.82, 2.24) is 15.5 Å². The minimum atomic E-state index is -0.172. The highest BCUT2D eigenvalue weighted by atomic mass is 16.5. The third kappa shape index (κ3) is 6.67. The van der Waals surface area contributed by atoms with Crippen LogP contribution in [-0.4, -0.2) is 55.5 Å². The number of benzene rings is 1. The largest absolute Gasteiger partial charge is 0.492 e. The van der Waals surface area contributed by atoms with Gasteiger partial charge in [0.05, 0.1) is 12.6 Å². The van der Waals surface area contributed by atoms with Crippen molar-refractivity contribution < 1.29 is 14.3 Å². The van der Waals surface area contributed by atoms with Gasteiger partial charge in [-0.25, -0.2) is 0 Å². The van der Waals surface area contributed by atoms with Gasteiger partial charge in [0.15, 0.2) is 0 Å². The normalized spacial score (nSPS) is 18.8. The molecular formula is C20H31N3O3. The summed E-state index contributed by atoms with van der Waals surface area (Å²) in [4.78, 5) is 25.7. The summed E-state index contributed by atoms with van der Waals surface area (Å²) in [6.07, 6.45) is 2.15. The van der Waals surface area contributed by atoms with Crippen LogP contribution in [0.4, 0.5) is 0 Å². The number of likely N-dealkylation sites (tertiary alicyclic amines) is 1. The summed E-state index contributed by atoms with van der Waals surface area (Å²) >= 11 is 0. The van der Waals surface area contributed by atoms with E-state index >= 15 is 0 Å². The minimum absolute atomic E-state index is 0.00141. The van der Waals surface area contributed by atoms with Gasteiger partial charge in [-0.05, 0) is 56.8 Å². The van der Waals surface area contributed by atoms with Crippen LogP contribution in [0.3, 0.4) is 0 Å². The van der Waals surface area contributed by atoms with Crippen LogP contribution in [-0.2, 0) is 9.59 Å². The first-order chi connectivity index (χ1) is 12.5. The van der Waals surface area contributed by atoms with Crippen molar-refractivity contribution >= 4 is 11.8 Å². The van der Waals surface area contributed by atoms with E-state index in [9.17, 15) is 9.59 Å². The molecule has 1 aromatic carbocycles. The maximum absolute atomic E-state index is 12.4. The molecule has 2 atom stereocenters. The average Bonchev–Trinajstić information content (AvgIpc) is 2.63. The number of hydrogen-bond acceptors (Lipinski definition) is 4. The molecule has 1 fully saturated rings. The maximum Gasteiger partial charge on any atom is 0.237 e. The molecule has 26 heavy (non-hydrogen) atoms. The van der Waals surface area contributed by atoms with Gasteiger partial charge in [0, 0.05) is 20.0 Å². The first kappa shape index (κ1) is 20.2. The molecule has 144 valence electrons. The van der Waals surface area contributed by atoms with Crippen molar-refractivity contribution in [2.45, 2.75) is 39.7 Å². The van der Waals surface area contributed by atoms with Gasteiger partial charge in [0.1, 0.15) is 12.4 Å². The predicted molar refractivity (Wildman–Crippen MR) is 102 cm³/mol. The van der Waals surface area contributed by atoms with Gasteiger partial charge in [-0.15, -0.1) is 0 Å². The zero-order valence-corrected chi connectivity index (χ0v) is 16.1. The molecule has 0 spiro atoms. The molecule has 0 saturated carbocycles.